The number of fused-ring (bicyclic) bond motifs is 2. The highest BCUT2D eigenvalue weighted by Gasteiger charge is 2.43. The zero-order valence-electron chi connectivity index (χ0n) is 8.57. The molecule has 1 spiro atoms. The quantitative estimate of drug-likeness (QED) is 0.578. The fourth-order valence-corrected chi connectivity index (χ4v) is 2.50. The van der Waals surface area contributed by atoms with Crippen molar-refractivity contribution in [2.75, 3.05) is 20.2 Å². The summed E-state index contributed by atoms with van der Waals surface area (Å²) in [5, 5.41) is 0. The van der Waals surface area contributed by atoms with Crippen LogP contribution in [0.25, 0.3) is 0 Å². The van der Waals surface area contributed by atoms with Gasteiger partial charge in [0, 0.05) is 13.2 Å². The van der Waals surface area contributed by atoms with Crippen LogP contribution in [-0.4, -0.2) is 31.7 Å². The number of hydrogen-bond acceptors (Lipinski definition) is 3. The summed E-state index contributed by atoms with van der Waals surface area (Å²) in [4.78, 5) is 2.07. The number of nitrogens with zero attached hydrogens (tertiary/aromatic N) is 1. The lowest BCUT2D eigenvalue weighted by molar-refractivity contribution is 0.197. The molecule has 3 nitrogen and oxygen atoms in total. The predicted octanol–water partition coefficient (Wildman–Crippen LogP) is 0.464. The number of rotatable bonds is 0. The van der Waals surface area contributed by atoms with Crippen LogP contribution < -0.4 is 5.46 Å². The van der Waals surface area contributed by atoms with Crippen LogP contribution in [0.2, 0.25) is 0 Å². The lowest BCUT2D eigenvalue weighted by Crippen LogP contribution is -2.58. The average molecular weight is 208 g/mol. The predicted molar refractivity (Wildman–Crippen MR) is 55.2 cm³/mol. The lowest BCUT2D eigenvalue weighted by Gasteiger charge is -2.38. The molecule has 3 rings (SSSR count). The molecule has 2 heterocycles. The van der Waals surface area contributed by atoms with E-state index < -0.39 is 6.69 Å². The SMILES string of the molecule is CN1CCO[B-]12OCc1cc(F)ccc12. The van der Waals surface area contributed by atoms with Gasteiger partial charge in [-0.1, -0.05) is 11.6 Å². The lowest BCUT2D eigenvalue weighted by atomic mass is 9.63. The third-order valence-electron chi connectivity index (χ3n) is 3.33. The van der Waals surface area contributed by atoms with Gasteiger partial charge in [-0.3, -0.25) is 0 Å². The summed E-state index contributed by atoms with van der Waals surface area (Å²) in [6.45, 7) is 0.498. The Kier molecular flexibility index (Phi) is 1.89. The standard InChI is InChI=1S/C10H12BFNO2/c1-13-4-5-14-11(13)10-3-2-9(12)6-8(10)7-15-11/h2-3,6H,4-5,7H2,1H3/q-1. The number of likely N-dealkylation sites (N-methyl/N-ethyl adjacent to an activating group) is 1. The Morgan fingerprint density at radius 2 is 2.27 bits per heavy atom. The van der Waals surface area contributed by atoms with Crippen LogP contribution in [0.5, 0.6) is 0 Å². The summed E-state index contributed by atoms with van der Waals surface area (Å²) in [6, 6.07) is 4.77. The molecule has 1 fully saturated rings. The molecule has 5 heteroatoms. The second kappa shape index (κ2) is 3.04. The smallest absolute Gasteiger partial charge is 0.348 e. The molecule has 0 N–H and O–H groups in total. The van der Waals surface area contributed by atoms with Gasteiger partial charge in [0.05, 0.1) is 0 Å². The van der Waals surface area contributed by atoms with Crippen LogP contribution in [0.1, 0.15) is 5.56 Å². The molecule has 1 saturated heterocycles. The summed E-state index contributed by atoms with van der Waals surface area (Å²) >= 11 is 0. The normalized spacial score (nSPS) is 30.0. The Bertz CT molecular complexity index is 414. The first-order valence-electron chi connectivity index (χ1n) is 5.14. The van der Waals surface area contributed by atoms with E-state index >= 15 is 0 Å². The summed E-state index contributed by atoms with van der Waals surface area (Å²) in [5.41, 5.74) is 1.90. The molecule has 2 aliphatic rings. The molecule has 2 aliphatic heterocycles. The van der Waals surface area contributed by atoms with Crippen molar-refractivity contribution in [1.29, 1.82) is 0 Å². The van der Waals surface area contributed by atoms with Crippen LogP contribution in [0.4, 0.5) is 4.39 Å². The zero-order valence-corrected chi connectivity index (χ0v) is 8.57. The minimum atomic E-state index is -1.48. The molecule has 0 radical (unpaired) electrons. The Morgan fingerprint density at radius 3 is 3.00 bits per heavy atom. The monoisotopic (exact) mass is 208 g/mol. The first-order chi connectivity index (χ1) is 7.22. The molecule has 15 heavy (non-hydrogen) atoms. The van der Waals surface area contributed by atoms with Gasteiger partial charge >= 0.3 is 6.69 Å². The van der Waals surface area contributed by atoms with Gasteiger partial charge in [0.2, 0.25) is 0 Å². The fraction of sp³-hybridized carbons (Fsp3) is 0.400. The molecule has 0 saturated carbocycles. The second-order valence-electron chi connectivity index (χ2n) is 4.18. The molecule has 0 bridgehead atoms. The minimum absolute atomic E-state index is 0.217. The Labute approximate surface area is 87.8 Å². The van der Waals surface area contributed by atoms with Gasteiger partial charge in [0.1, 0.15) is 5.82 Å². The van der Waals surface area contributed by atoms with Crippen LogP contribution >= 0.6 is 0 Å². The highest BCUT2D eigenvalue weighted by atomic mass is 19.1. The van der Waals surface area contributed by atoms with Crippen molar-refractivity contribution >= 4 is 12.1 Å². The Morgan fingerprint density at radius 1 is 1.40 bits per heavy atom. The molecule has 1 aromatic carbocycles. The van der Waals surface area contributed by atoms with E-state index in [9.17, 15) is 4.39 Å². The van der Waals surface area contributed by atoms with E-state index in [0.717, 1.165) is 17.6 Å². The Balaban J connectivity index is 2.11. The summed E-state index contributed by atoms with van der Waals surface area (Å²) in [5.74, 6) is -0.217. The van der Waals surface area contributed by atoms with Crippen molar-refractivity contribution in [3.63, 3.8) is 0 Å². The Hall–Kier alpha value is -0.905. The van der Waals surface area contributed by atoms with E-state index in [4.69, 9.17) is 9.31 Å². The van der Waals surface area contributed by atoms with Crippen molar-refractivity contribution in [3.8, 4) is 0 Å². The van der Waals surface area contributed by atoms with E-state index in [1.54, 1.807) is 6.07 Å². The minimum Gasteiger partial charge on any atom is -0.550 e. The number of halogens is 1. The molecular formula is C10H12BFNO2-. The first kappa shape index (κ1) is 9.33. The molecule has 0 aliphatic carbocycles. The zero-order chi connectivity index (χ0) is 10.5. The van der Waals surface area contributed by atoms with Gasteiger partial charge in [0.15, 0.2) is 0 Å². The number of hydrogen-bond donors (Lipinski definition) is 0. The summed E-state index contributed by atoms with van der Waals surface area (Å²) in [7, 11) is 1.98. The van der Waals surface area contributed by atoms with Crippen molar-refractivity contribution in [1.82, 2.24) is 4.81 Å². The molecule has 0 amide bonds. The maximum Gasteiger partial charge on any atom is 0.348 e. The maximum atomic E-state index is 13.0. The average Bonchev–Trinajstić information content (AvgIpc) is 2.75. The van der Waals surface area contributed by atoms with Gasteiger partial charge in [-0.15, -0.1) is 5.46 Å². The van der Waals surface area contributed by atoms with Crippen molar-refractivity contribution < 1.29 is 13.7 Å². The van der Waals surface area contributed by atoms with Gasteiger partial charge in [0.25, 0.3) is 0 Å². The van der Waals surface area contributed by atoms with E-state index in [1.807, 2.05) is 7.05 Å². The highest BCUT2D eigenvalue weighted by molar-refractivity contribution is 6.80. The van der Waals surface area contributed by atoms with Gasteiger partial charge < -0.3 is 14.1 Å². The third kappa shape index (κ3) is 1.17. The second-order valence-corrected chi connectivity index (χ2v) is 4.18. The topological polar surface area (TPSA) is 21.7 Å². The fourth-order valence-electron chi connectivity index (χ4n) is 2.50. The van der Waals surface area contributed by atoms with E-state index in [-0.39, 0.29) is 5.82 Å². The third-order valence-corrected chi connectivity index (χ3v) is 3.33. The van der Waals surface area contributed by atoms with E-state index in [2.05, 4.69) is 4.81 Å². The first-order valence-corrected chi connectivity index (χ1v) is 5.14. The van der Waals surface area contributed by atoms with Crippen molar-refractivity contribution in [2.45, 2.75) is 6.61 Å². The molecular weight excluding hydrogens is 196 g/mol. The molecule has 1 unspecified atom stereocenters. The molecule has 1 atom stereocenters. The van der Waals surface area contributed by atoms with E-state index in [0.29, 0.717) is 13.2 Å². The van der Waals surface area contributed by atoms with Crippen LogP contribution in [-0.2, 0) is 15.9 Å². The van der Waals surface area contributed by atoms with E-state index in [1.165, 1.54) is 12.1 Å². The maximum absolute atomic E-state index is 13.0. The summed E-state index contributed by atoms with van der Waals surface area (Å²) < 4.78 is 24.5. The van der Waals surface area contributed by atoms with Crippen molar-refractivity contribution in [3.05, 3.63) is 29.6 Å². The molecule has 80 valence electrons. The molecule has 0 aromatic heterocycles. The number of benzene rings is 1. The van der Waals surface area contributed by atoms with Gasteiger partial charge in [-0.05, 0) is 25.7 Å². The van der Waals surface area contributed by atoms with Crippen LogP contribution in [0.15, 0.2) is 18.2 Å². The van der Waals surface area contributed by atoms with Crippen LogP contribution in [0.3, 0.4) is 0 Å². The molecule has 1 aromatic rings. The van der Waals surface area contributed by atoms with Gasteiger partial charge in [-0.2, -0.15) is 0 Å². The van der Waals surface area contributed by atoms with Crippen LogP contribution in [0, 0.1) is 5.82 Å². The van der Waals surface area contributed by atoms with Crippen molar-refractivity contribution in [2.24, 2.45) is 0 Å². The van der Waals surface area contributed by atoms with Gasteiger partial charge in [-0.25, -0.2) is 4.39 Å². The summed E-state index contributed by atoms with van der Waals surface area (Å²) in [6.07, 6.45) is 0. The highest BCUT2D eigenvalue weighted by Crippen LogP contribution is 2.26. The largest absolute Gasteiger partial charge is 0.550 e.